The van der Waals surface area contributed by atoms with Gasteiger partial charge in [-0.15, -0.1) is 118 Å². The van der Waals surface area contributed by atoms with Crippen LogP contribution in [0.25, 0.3) is 0 Å². The Morgan fingerprint density at radius 1 is 0.287 bits per heavy atom. The highest BCUT2D eigenvalue weighted by Crippen LogP contribution is 2.34. The molecule has 13 rings (SSSR count). The zero-order valence-electron chi connectivity index (χ0n) is 82.5. The first-order valence-corrected chi connectivity index (χ1v) is 50.9. The van der Waals surface area contributed by atoms with Gasteiger partial charge in [0.15, 0.2) is 5.82 Å². The van der Waals surface area contributed by atoms with Gasteiger partial charge in [0.1, 0.15) is 6.34 Å². The topological polar surface area (TPSA) is 106 Å². The number of hydrogen-bond donors (Lipinski definition) is 1. The molecule has 0 unspecified atom stereocenters. The number of nitrogens with zero attached hydrogens (tertiary/aromatic N) is 6. The summed E-state index contributed by atoms with van der Waals surface area (Å²) >= 11 is 18.3. The summed E-state index contributed by atoms with van der Waals surface area (Å²) in [6.45, 7) is 86.7. The molecule has 0 amide bonds. The first kappa shape index (κ1) is 114. The molecule has 0 atom stereocenters. The highest BCUT2D eigenvalue weighted by Gasteiger charge is 2.24. The molecule has 676 valence electrons. The van der Waals surface area contributed by atoms with Crippen LogP contribution in [0.4, 0.5) is 0 Å². The van der Waals surface area contributed by atoms with Crippen molar-refractivity contribution >= 4 is 131 Å². The highest BCUT2D eigenvalue weighted by molar-refractivity contribution is 7.12. The van der Waals surface area contributed by atoms with Crippen LogP contribution >= 0.6 is 113 Å². The number of carbonyl (C=O) groups is 1. The first-order valence-electron chi connectivity index (χ1n) is 42.1. The van der Waals surface area contributed by atoms with Crippen molar-refractivity contribution in [2.45, 2.75) is 335 Å². The van der Waals surface area contributed by atoms with Crippen molar-refractivity contribution in [3.63, 3.8) is 0 Å². The zero-order chi connectivity index (χ0) is 93.8. The van der Waals surface area contributed by atoms with E-state index in [1.165, 1.54) is 54.5 Å². The number of hydrogen-bond acceptors (Lipinski definition) is 16. The van der Waals surface area contributed by atoms with Crippen molar-refractivity contribution in [3.05, 3.63) is 265 Å². The molecule has 122 heavy (non-hydrogen) atoms. The second-order valence-corrected chi connectivity index (χ2v) is 52.5. The van der Waals surface area contributed by atoms with Crippen molar-refractivity contribution in [2.75, 3.05) is 6.54 Å². The van der Waals surface area contributed by atoms with Crippen LogP contribution in [0, 0.1) is 5.41 Å². The number of thiophene rings is 10. The van der Waals surface area contributed by atoms with Crippen LogP contribution in [0.3, 0.4) is 0 Å². The van der Waals surface area contributed by atoms with E-state index in [-0.39, 0.29) is 16.2 Å². The van der Waals surface area contributed by atoms with E-state index in [1.54, 1.807) is 29.2 Å². The van der Waals surface area contributed by atoms with Gasteiger partial charge in [-0.3, -0.25) is 4.99 Å². The minimum Gasteiger partial charge on any atom is -0.478 e. The van der Waals surface area contributed by atoms with Crippen LogP contribution in [0.5, 0.6) is 0 Å². The number of tetrazole rings is 1. The van der Waals surface area contributed by atoms with Gasteiger partial charge >= 0.3 is 5.97 Å². The summed E-state index contributed by atoms with van der Waals surface area (Å²) < 4.78 is 1.69. The molecular weight excluding hydrogens is 1690 g/mol. The van der Waals surface area contributed by atoms with Crippen LogP contribution in [-0.2, 0) is 72.0 Å². The maximum Gasteiger partial charge on any atom is 0.335 e. The van der Waals surface area contributed by atoms with E-state index in [0.717, 1.165) is 17.9 Å². The molecule has 11 aromatic heterocycles. The Balaban J connectivity index is 0.000000662. The van der Waals surface area contributed by atoms with Crippen LogP contribution in [-0.4, -0.2) is 49.9 Å². The predicted molar refractivity (Wildman–Crippen MR) is 560 cm³/mol. The fourth-order valence-corrected chi connectivity index (χ4v) is 17.9. The summed E-state index contributed by atoms with van der Waals surface area (Å²) in [4.78, 5) is 33.4. The fraction of sp³-hybridized carbons (Fsp3) is 0.519. The van der Waals surface area contributed by atoms with Gasteiger partial charge in [-0.1, -0.05) is 343 Å². The zero-order valence-corrected chi connectivity index (χ0v) is 90.7. The quantitative estimate of drug-likeness (QED) is 0.176. The van der Waals surface area contributed by atoms with Crippen molar-refractivity contribution in [2.24, 2.45) is 22.4 Å². The minimum absolute atomic E-state index is 0.00542. The normalized spacial score (nSPS) is 12.3. The Morgan fingerprint density at radius 2 is 0.500 bits per heavy atom. The maximum absolute atomic E-state index is 10.7. The average molecular weight is 1850 g/mol. The lowest BCUT2D eigenvalue weighted by Crippen LogP contribution is -2.20. The molecule has 0 radical (unpaired) electrons. The Labute approximate surface area is 783 Å². The molecule has 1 N–H and O–H groups in total. The molecule has 1 aromatic carbocycles. The van der Waals surface area contributed by atoms with E-state index < -0.39 is 5.97 Å². The van der Waals surface area contributed by atoms with Gasteiger partial charge in [-0.2, -0.15) is 0 Å². The molecule has 1 aliphatic rings. The molecule has 0 aliphatic carbocycles. The highest BCUT2D eigenvalue weighted by atomic mass is 32.1. The standard InChI is InChI=1S/C11H14O2.10C8H12S.C7H12N2.C6H12N4/c1-11(2,3)9-6-4-5-8(7-9)10(12)13;10*1-8(2,3)7-5-4-6-9-7;1-7(2,3)6-4-8-5-9-6;1-6(2,3)5-7-8-9-10(5)4/h4-7H,1-3H3,(H,12,13);10*4-6H,1-3H3;5H,4H2,1-3H3;1-4H3. The molecule has 0 saturated heterocycles. The Morgan fingerprint density at radius 3 is 0.598 bits per heavy atom. The third-order valence-corrected chi connectivity index (χ3v) is 30.2. The van der Waals surface area contributed by atoms with E-state index in [2.05, 4.69) is 471 Å². The number of carboxylic acids is 1. The molecule has 12 heterocycles. The molecule has 0 saturated carbocycles. The van der Waals surface area contributed by atoms with Gasteiger partial charge in [-0.05, 0) is 202 Å². The van der Waals surface area contributed by atoms with Gasteiger partial charge in [0, 0.05) is 72.4 Å². The van der Waals surface area contributed by atoms with Crippen molar-refractivity contribution in [1.82, 2.24) is 20.2 Å². The van der Waals surface area contributed by atoms with Crippen molar-refractivity contribution < 1.29 is 9.90 Å². The van der Waals surface area contributed by atoms with E-state index >= 15 is 0 Å². The summed E-state index contributed by atoms with van der Waals surface area (Å²) in [5, 5.41) is 41.2. The van der Waals surface area contributed by atoms with Gasteiger partial charge in [0.25, 0.3) is 0 Å². The largest absolute Gasteiger partial charge is 0.478 e. The fourth-order valence-electron chi connectivity index (χ4n) is 9.75. The van der Waals surface area contributed by atoms with Crippen LogP contribution < -0.4 is 0 Å². The summed E-state index contributed by atoms with van der Waals surface area (Å²) in [7, 11) is 1.85. The van der Waals surface area contributed by atoms with Gasteiger partial charge in [0.2, 0.25) is 0 Å². The maximum atomic E-state index is 10.7. The Kier molecular flexibility index (Phi) is 47.9. The molecule has 8 nitrogen and oxygen atoms in total. The molecule has 12 aromatic rings. The molecule has 0 bridgehead atoms. The molecule has 0 fully saturated rings. The molecule has 0 spiro atoms. The second-order valence-electron chi connectivity index (χ2n) is 43.1. The lowest BCUT2D eigenvalue weighted by atomic mass is 9.86. The summed E-state index contributed by atoms with van der Waals surface area (Å²) in [5.74, 6) is 0.0404. The number of benzene rings is 1. The summed E-state index contributed by atoms with van der Waals surface area (Å²) in [6.07, 6.45) is 1.64. The second kappa shape index (κ2) is 51.2. The minimum atomic E-state index is -0.869. The first-order chi connectivity index (χ1) is 55.6. The lowest BCUT2D eigenvalue weighted by Gasteiger charge is -2.18. The summed E-state index contributed by atoms with van der Waals surface area (Å²) in [6, 6.07) is 49.9. The van der Waals surface area contributed by atoms with E-state index in [1.807, 2.05) is 126 Å². The SMILES string of the molecule is CC(C)(C)C1=NC=NC1.CC(C)(C)c1cccc(C(=O)O)c1.CC(C)(C)c1cccs1.CC(C)(C)c1cccs1.CC(C)(C)c1cccs1.CC(C)(C)c1cccs1.CC(C)(C)c1cccs1.CC(C)(C)c1cccs1.CC(C)(C)c1cccs1.CC(C)(C)c1cccs1.CC(C)(C)c1cccs1.CC(C)(C)c1cccs1.Cn1nnnc1C(C)(C)C. The number of aliphatic imine (C=N–C) groups is 2. The van der Waals surface area contributed by atoms with E-state index in [0.29, 0.717) is 59.7 Å². The van der Waals surface area contributed by atoms with Crippen molar-refractivity contribution in [3.8, 4) is 0 Å². The van der Waals surface area contributed by atoms with Crippen molar-refractivity contribution in [1.29, 1.82) is 0 Å². The van der Waals surface area contributed by atoms with Crippen LogP contribution in [0.15, 0.2) is 209 Å². The third-order valence-electron chi connectivity index (χ3n) is 17.3. The van der Waals surface area contributed by atoms with E-state index in [9.17, 15) is 4.79 Å². The smallest absolute Gasteiger partial charge is 0.335 e. The average Bonchev–Trinajstić information content (AvgIpc) is 1.77. The summed E-state index contributed by atoms with van der Waals surface area (Å²) in [5.41, 5.74) is 6.25. The number of aromatic nitrogens is 4. The Hall–Kier alpha value is -5.90. The van der Waals surface area contributed by atoms with E-state index in [4.69, 9.17) is 5.11 Å². The van der Waals surface area contributed by atoms with Gasteiger partial charge < -0.3 is 5.11 Å². The van der Waals surface area contributed by atoms with Gasteiger partial charge in [-0.25, -0.2) is 14.5 Å². The Bertz CT molecular complexity index is 3880. The van der Waals surface area contributed by atoms with Crippen LogP contribution in [0.2, 0.25) is 0 Å². The molecular formula is C104H158N6O2S10. The predicted octanol–water partition coefficient (Wildman–Crippen LogP) is 35.2. The molecule has 1 aliphatic heterocycles. The number of carboxylic acid groups (broad SMARTS) is 1. The monoisotopic (exact) mass is 1840 g/mol. The van der Waals surface area contributed by atoms with Gasteiger partial charge in [0.05, 0.1) is 12.1 Å². The number of aromatic carboxylic acids is 1. The lowest BCUT2D eigenvalue weighted by molar-refractivity contribution is 0.0696. The number of rotatable bonds is 1. The number of aryl methyl sites for hydroxylation is 1. The third kappa shape index (κ3) is 48.7. The van der Waals surface area contributed by atoms with Crippen LogP contribution in [0.1, 0.15) is 341 Å². The molecule has 18 heteroatoms.